The van der Waals surface area contributed by atoms with Gasteiger partial charge in [0, 0.05) is 20.8 Å². The molecule has 4 heteroatoms. The Kier molecular flexibility index (Phi) is 5.77. The van der Waals surface area contributed by atoms with Crippen molar-refractivity contribution in [2.24, 2.45) is 0 Å². The van der Waals surface area contributed by atoms with Crippen LogP contribution < -0.4 is 0 Å². The molecule has 9 heavy (non-hydrogen) atoms. The molecule has 0 aromatic carbocycles. The van der Waals surface area contributed by atoms with Crippen molar-refractivity contribution in [3.8, 4) is 0 Å². The fourth-order valence-electron chi connectivity index (χ4n) is 0.352. The third-order valence-corrected chi connectivity index (χ3v) is 0.393. The first-order chi connectivity index (χ1) is 3.42. The van der Waals surface area contributed by atoms with Gasteiger partial charge in [-0.3, -0.25) is 4.79 Å². The Labute approximate surface area is 76.7 Å². The SMILES string of the molecule is CC(=O)OC(C)(C)O.[NaH]. The second-order valence-corrected chi connectivity index (χ2v) is 2.04. The third-order valence-electron chi connectivity index (χ3n) is 0.393. The number of carbonyl (C=O) groups excluding carboxylic acids is 1. The zero-order valence-electron chi connectivity index (χ0n) is 5.26. The van der Waals surface area contributed by atoms with E-state index in [1.54, 1.807) is 0 Å². The molecule has 3 nitrogen and oxygen atoms in total. The van der Waals surface area contributed by atoms with Crippen LogP contribution in [-0.2, 0) is 9.53 Å². The van der Waals surface area contributed by atoms with E-state index in [2.05, 4.69) is 4.74 Å². The molecule has 0 fully saturated rings. The summed E-state index contributed by atoms with van der Waals surface area (Å²) in [5.74, 6) is -1.80. The molecule has 0 heterocycles. The first-order valence-corrected chi connectivity index (χ1v) is 2.34. The molecule has 50 valence electrons. The molecule has 0 aliphatic carbocycles. The van der Waals surface area contributed by atoms with Gasteiger partial charge in [0.25, 0.3) is 0 Å². The van der Waals surface area contributed by atoms with Crippen LogP contribution in [0.25, 0.3) is 0 Å². The minimum atomic E-state index is -1.33. The maximum atomic E-state index is 10.1. The Hall–Kier alpha value is 0.430. The second kappa shape index (κ2) is 4.28. The Bertz CT molecular complexity index is 94.9. The van der Waals surface area contributed by atoms with E-state index >= 15 is 0 Å². The second-order valence-electron chi connectivity index (χ2n) is 2.04. The van der Waals surface area contributed by atoms with Crippen molar-refractivity contribution in [1.82, 2.24) is 0 Å². The number of carbonyl (C=O) groups is 1. The van der Waals surface area contributed by atoms with Gasteiger partial charge in [0.05, 0.1) is 0 Å². The van der Waals surface area contributed by atoms with Crippen molar-refractivity contribution < 1.29 is 14.6 Å². The van der Waals surface area contributed by atoms with Crippen molar-refractivity contribution >= 4 is 35.5 Å². The van der Waals surface area contributed by atoms with Gasteiger partial charge in [-0.2, -0.15) is 0 Å². The average molecular weight is 142 g/mol. The van der Waals surface area contributed by atoms with E-state index in [0.717, 1.165) is 0 Å². The van der Waals surface area contributed by atoms with E-state index in [0.29, 0.717) is 0 Å². The van der Waals surface area contributed by atoms with Gasteiger partial charge in [0.1, 0.15) is 0 Å². The molecule has 0 saturated carbocycles. The summed E-state index contributed by atoms with van der Waals surface area (Å²) >= 11 is 0. The van der Waals surface area contributed by atoms with Crippen LogP contribution in [0.15, 0.2) is 0 Å². The van der Waals surface area contributed by atoms with Crippen LogP contribution in [-0.4, -0.2) is 46.4 Å². The standard InChI is InChI=1S/C5H10O3.Na.H/c1-4(6)8-5(2,3)7;;/h7H,1-3H3;;. The topological polar surface area (TPSA) is 46.5 Å². The minimum absolute atomic E-state index is 0. The van der Waals surface area contributed by atoms with Crippen molar-refractivity contribution in [3.63, 3.8) is 0 Å². The van der Waals surface area contributed by atoms with Gasteiger partial charge in [-0.15, -0.1) is 0 Å². The molecule has 0 radical (unpaired) electrons. The molecule has 0 aliphatic heterocycles. The first-order valence-electron chi connectivity index (χ1n) is 2.34. The van der Waals surface area contributed by atoms with Gasteiger partial charge in [-0.05, 0) is 0 Å². The van der Waals surface area contributed by atoms with Crippen LogP contribution in [0, 0.1) is 0 Å². The molecule has 1 N–H and O–H groups in total. The number of ether oxygens (including phenoxy) is 1. The van der Waals surface area contributed by atoms with Crippen molar-refractivity contribution in [1.29, 1.82) is 0 Å². The van der Waals surface area contributed by atoms with E-state index in [1.807, 2.05) is 0 Å². The fourth-order valence-corrected chi connectivity index (χ4v) is 0.352. The van der Waals surface area contributed by atoms with Crippen LogP contribution >= 0.6 is 0 Å². The summed E-state index contributed by atoms with van der Waals surface area (Å²) in [6.45, 7) is 4.04. The molecule has 0 saturated heterocycles. The molecular formula is C5H11NaO3. The average Bonchev–Trinajstić information content (AvgIpc) is 1.21. The van der Waals surface area contributed by atoms with Crippen LogP contribution in [0.1, 0.15) is 20.8 Å². The molecule has 0 amide bonds. The number of aliphatic hydroxyl groups is 1. The number of hydrogen-bond donors (Lipinski definition) is 1. The van der Waals surface area contributed by atoms with Crippen molar-refractivity contribution in [3.05, 3.63) is 0 Å². The van der Waals surface area contributed by atoms with Gasteiger partial charge < -0.3 is 9.84 Å². The van der Waals surface area contributed by atoms with Crippen LogP contribution in [0.3, 0.4) is 0 Å². The van der Waals surface area contributed by atoms with Crippen molar-refractivity contribution in [2.75, 3.05) is 0 Å². The molecule has 0 bridgehead atoms. The van der Waals surface area contributed by atoms with Gasteiger partial charge in [0.15, 0.2) is 0 Å². The maximum absolute atomic E-state index is 10.1. The first kappa shape index (κ1) is 12.1. The van der Waals surface area contributed by atoms with Crippen LogP contribution in [0.4, 0.5) is 0 Å². The van der Waals surface area contributed by atoms with E-state index in [-0.39, 0.29) is 29.6 Å². The predicted molar refractivity (Wildman–Crippen MR) is 35.2 cm³/mol. The molecule has 0 spiro atoms. The quantitative estimate of drug-likeness (QED) is 0.308. The van der Waals surface area contributed by atoms with Crippen LogP contribution in [0.5, 0.6) is 0 Å². The van der Waals surface area contributed by atoms with E-state index in [4.69, 9.17) is 5.11 Å². The van der Waals surface area contributed by atoms with Gasteiger partial charge >= 0.3 is 35.5 Å². The van der Waals surface area contributed by atoms with Gasteiger partial charge in [-0.1, -0.05) is 0 Å². The zero-order chi connectivity index (χ0) is 6.78. The molecule has 0 unspecified atom stereocenters. The molecule has 0 atom stereocenters. The summed E-state index contributed by atoms with van der Waals surface area (Å²) in [6, 6.07) is 0. The van der Waals surface area contributed by atoms with E-state index in [1.165, 1.54) is 20.8 Å². The van der Waals surface area contributed by atoms with Gasteiger partial charge in [0.2, 0.25) is 5.79 Å². The molecule has 0 rings (SSSR count). The Balaban J connectivity index is 0. The number of hydrogen-bond acceptors (Lipinski definition) is 3. The number of esters is 1. The summed E-state index contributed by atoms with van der Waals surface area (Å²) in [6.07, 6.45) is 0. The summed E-state index contributed by atoms with van der Waals surface area (Å²) in [5.41, 5.74) is 0. The van der Waals surface area contributed by atoms with E-state index in [9.17, 15) is 4.79 Å². The van der Waals surface area contributed by atoms with Crippen LogP contribution in [0.2, 0.25) is 0 Å². The summed E-state index contributed by atoms with van der Waals surface area (Å²) in [4.78, 5) is 10.1. The molecule has 0 aliphatic rings. The molecule has 0 aromatic heterocycles. The van der Waals surface area contributed by atoms with Crippen molar-refractivity contribution in [2.45, 2.75) is 26.6 Å². The van der Waals surface area contributed by atoms with E-state index < -0.39 is 11.8 Å². The summed E-state index contributed by atoms with van der Waals surface area (Å²) < 4.78 is 4.35. The summed E-state index contributed by atoms with van der Waals surface area (Å²) in [7, 11) is 0. The zero-order valence-corrected chi connectivity index (χ0v) is 5.26. The Morgan fingerprint density at radius 1 is 1.56 bits per heavy atom. The normalized spacial score (nSPS) is 9.78. The third kappa shape index (κ3) is 11.8. The Morgan fingerprint density at radius 3 is 1.89 bits per heavy atom. The monoisotopic (exact) mass is 142 g/mol. The fraction of sp³-hybridized carbons (Fsp3) is 0.800. The van der Waals surface area contributed by atoms with Gasteiger partial charge in [-0.25, -0.2) is 0 Å². The summed E-state index contributed by atoms with van der Waals surface area (Å²) in [5, 5.41) is 8.75. The molecule has 0 aromatic rings. The predicted octanol–water partition coefficient (Wildman–Crippen LogP) is -0.371. The number of rotatable bonds is 1. The Morgan fingerprint density at radius 2 is 1.89 bits per heavy atom. The molecular weight excluding hydrogens is 131 g/mol.